The van der Waals surface area contributed by atoms with Gasteiger partial charge in [0.05, 0.1) is 30.6 Å². The first kappa shape index (κ1) is 22.2. The lowest BCUT2D eigenvalue weighted by Crippen LogP contribution is -2.37. The number of carbonyl (C=O) groups excluding carboxylic acids is 3. The van der Waals surface area contributed by atoms with Gasteiger partial charge in [0.25, 0.3) is 0 Å². The Labute approximate surface area is 190 Å². The molecule has 2 heterocycles. The number of fused-ring (bicyclic) bond motifs is 1. The summed E-state index contributed by atoms with van der Waals surface area (Å²) in [6.45, 7) is 2.70. The van der Waals surface area contributed by atoms with E-state index in [0.717, 1.165) is 16.1 Å². The molecule has 2 aliphatic heterocycles. The summed E-state index contributed by atoms with van der Waals surface area (Å²) in [5, 5.41) is 2.57. The van der Waals surface area contributed by atoms with Crippen LogP contribution in [0, 0.1) is 0 Å². The lowest BCUT2D eigenvalue weighted by molar-refractivity contribution is -0.126. The summed E-state index contributed by atoms with van der Waals surface area (Å²) in [5.74, 6) is -0.207. The van der Waals surface area contributed by atoms with E-state index in [2.05, 4.69) is 5.32 Å². The number of cyclic esters (lactones) is 1. The second-order valence-electron chi connectivity index (χ2n) is 7.71. The maximum Gasteiger partial charge on any atom is 0.414 e. The SMILES string of the molecule is CC1Sc2cc(N3CC(CNC(=O)COCc4ccccc4)OC3=O)ccc2N(C)C1=O. The minimum Gasteiger partial charge on any atom is -0.442 e. The van der Waals surface area contributed by atoms with Gasteiger partial charge < -0.3 is 19.7 Å². The summed E-state index contributed by atoms with van der Waals surface area (Å²) in [5.41, 5.74) is 2.53. The molecule has 1 N–H and O–H groups in total. The molecule has 0 saturated carbocycles. The Morgan fingerprint density at radius 1 is 1.22 bits per heavy atom. The van der Waals surface area contributed by atoms with Gasteiger partial charge in [-0.2, -0.15) is 0 Å². The molecule has 0 aliphatic carbocycles. The molecule has 168 valence electrons. The third-order valence-electron chi connectivity index (χ3n) is 5.34. The molecule has 0 aromatic heterocycles. The van der Waals surface area contributed by atoms with Crippen LogP contribution in [0.5, 0.6) is 0 Å². The van der Waals surface area contributed by atoms with E-state index >= 15 is 0 Å². The molecule has 32 heavy (non-hydrogen) atoms. The van der Waals surface area contributed by atoms with E-state index in [0.29, 0.717) is 18.8 Å². The normalized spacial score (nSPS) is 20.2. The fraction of sp³-hybridized carbons (Fsp3) is 0.348. The highest BCUT2D eigenvalue weighted by Gasteiger charge is 2.34. The Bertz CT molecular complexity index is 1020. The van der Waals surface area contributed by atoms with Crippen LogP contribution in [0.4, 0.5) is 16.2 Å². The molecule has 2 aromatic rings. The van der Waals surface area contributed by atoms with Crippen LogP contribution in [0.15, 0.2) is 53.4 Å². The zero-order chi connectivity index (χ0) is 22.7. The Hall–Kier alpha value is -3.04. The predicted octanol–water partition coefficient (Wildman–Crippen LogP) is 2.80. The molecule has 0 radical (unpaired) electrons. The average molecular weight is 456 g/mol. The summed E-state index contributed by atoms with van der Waals surface area (Å²) < 4.78 is 10.8. The van der Waals surface area contributed by atoms with Crippen molar-refractivity contribution in [3.63, 3.8) is 0 Å². The maximum atomic E-state index is 12.4. The third kappa shape index (κ3) is 4.89. The second-order valence-corrected chi connectivity index (χ2v) is 9.09. The van der Waals surface area contributed by atoms with E-state index < -0.39 is 12.2 Å². The lowest BCUT2D eigenvalue weighted by Gasteiger charge is -2.30. The first-order valence-corrected chi connectivity index (χ1v) is 11.2. The first-order valence-electron chi connectivity index (χ1n) is 10.4. The fourth-order valence-electron chi connectivity index (χ4n) is 3.63. The van der Waals surface area contributed by atoms with Gasteiger partial charge in [-0.15, -0.1) is 11.8 Å². The quantitative estimate of drug-likeness (QED) is 0.691. The minimum absolute atomic E-state index is 0.0550. The van der Waals surface area contributed by atoms with Crippen molar-refractivity contribution < 1.29 is 23.9 Å². The van der Waals surface area contributed by atoms with Gasteiger partial charge in [0.1, 0.15) is 12.7 Å². The van der Waals surface area contributed by atoms with Crippen LogP contribution < -0.4 is 15.1 Å². The monoisotopic (exact) mass is 455 g/mol. The smallest absolute Gasteiger partial charge is 0.414 e. The van der Waals surface area contributed by atoms with Gasteiger partial charge in [-0.25, -0.2) is 4.79 Å². The Balaban J connectivity index is 1.28. The fourth-order valence-corrected chi connectivity index (χ4v) is 4.78. The van der Waals surface area contributed by atoms with Gasteiger partial charge in [-0.05, 0) is 30.7 Å². The van der Waals surface area contributed by atoms with Gasteiger partial charge in [-0.1, -0.05) is 30.3 Å². The van der Waals surface area contributed by atoms with Gasteiger partial charge in [0.15, 0.2) is 0 Å². The number of amides is 3. The van der Waals surface area contributed by atoms with Crippen LogP contribution in [-0.4, -0.2) is 56.0 Å². The van der Waals surface area contributed by atoms with Gasteiger partial charge in [0.2, 0.25) is 11.8 Å². The van der Waals surface area contributed by atoms with Crippen LogP contribution in [0.1, 0.15) is 12.5 Å². The highest BCUT2D eigenvalue weighted by Crippen LogP contribution is 2.41. The number of nitrogens with zero attached hydrogens (tertiary/aromatic N) is 2. The van der Waals surface area contributed by atoms with E-state index in [-0.39, 0.29) is 30.2 Å². The number of hydrogen-bond donors (Lipinski definition) is 1. The van der Waals surface area contributed by atoms with E-state index in [1.165, 1.54) is 11.8 Å². The number of rotatable bonds is 7. The van der Waals surface area contributed by atoms with E-state index in [4.69, 9.17) is 9.47 Å². The number of carbonyl (C=O) groups is 3. The van der Waals surface area contributed by atoms with Crippen molar-refractivity contribution in [1.29, 1.82) is 0 Å². The van der Waals surface area contributed by atoms with Crippen molar-refractivity contribution in [2.24, 2.45) is 0 Å². The van der Waals surface area contributed by atoms with Gasteiger partial charge in [-0.3, -0.25) is 14.5 Å². The van der Waals surface area contributed by atoms with Crippen molar-refractivity contribution in [1.82, 2.24) is 5.32 Å². The molecule has 0 spiro atoms. The largest absolute Gasteiger partial charge is 0.442 e. The molecule has 0 bridgehead atoms. The Kier molecular flexibility index (Phi) is 6.66. The molecule has 1 saturated heterocycles. The third-order valence-corrected chi connectivity index (χ3v) is 6.48. The van der Waals surface area contributed by atoms with Crippen LogP contribution in [0.2, 0.25) is 0 Å². The molecule has 3 amide bonds. The molecule has 1 fully saturated rings. The standard InChI is InChI=1S/C23H25N3O5S/c1-15-22(28)25(2)19-9-8-17(10-20(19)32-15)26-12-18(31-23(26)29)11-24-21(27)14-30-13-16-6-4-3-5-7-16/h3-10,15,18H,11-14H2,1-2H3,(H,24,27). The number of ether oxygens (including phenoxy) is 2. The summed E-state index contributed by atoms with van der Waals surface area (Å²) >= 11 is 1.48. The lowest BCUT2D eigenvalue weighted by atomic mass is 10.2. The highest BCUT2D eigenvalue weighted by atomic mass is 32.2. The van der Waals surface area contributed by atoms with Crippen molar-refractivity contribution in [2.75, 3.05) is 36.5 Å². The van der Waals surface area contributed by atoms with Crippen LogP contribution in [0.25, 0.3) is 0 Å². The zero-order valence-electron chi connectivity index (χ0n) is 17.9. The van der Waals surface area contributed by atoms with Crippen LogP contribution in [-0.2, 0) is 25.7 Å². The number of anilines is 2. The molecule has 2 atom stereocenters. The zero-order valence-corrected chi connectivity index (χ0v) is 18.8. The van der Waals surface area contributed by atoms with Crippen LogP contribution in [0.3, 0.4) is 0 Å². The summed E-state index contributed by atoms with van der Waals surface area (Å²) in [6.07, 6.45) is -0.907. The van der Waals surface area contributed by atoms with E-state index in [9.17, 15) is 14.4 Å². The van der Waals surface area contributed by atoms with Crippen molar-refractivity contribution >= 4 is 41.0 Å². The molecule has 9 heteroatoms. The van der Waals surface area contributed by atoms with E-state index in [1.807, 2.05) is 49.4 Å². The summed E-state index contributed by atoms with van der Waals surface area (Å²) in [7, 11) is 1.75. The first-order chi connectivity index (χ1) is 15.4. The van der Waals surface area contributed by atoms with Gasteiger partial charge in [0, 0.05) is 17.6 Å². The molecule has 4 rings (SSSR count). The molecule has 2 aliphatic rings. The molecule has 2 unspecified atom stereocenters. The number of hydrogen-bond acceptors (Lipinski definition) is 6. The number of benzene rings is 2. The molecule has 2 aromatic carbocycles. The Morgan fingerprint density at radius 3 is 2.78 bits per heavy atom. The van der Waals surface area contributed by atoms with Crippen molar-refractivity contribution in [3.8, 4) is 0 Å². The van der Waals surface area contributed by atoms with Crippen molar-refractivity contribution in [3.05, 3.63) is 54.1 Å². The summed E-state index contributed by atoms with van der Waals surface area (Å²) in [4.78, 5) is 40.7. The predicted molar refractivity (Wildman–Crippen MR) is 122 cm³/mol. The van der Waals surface area contributed by atoms with Crippen LogP contribution >= 0.6 is 11.8 Å². The number of nitrogens with one attached hydrogen (secondary N) is 1. The topological polar surface area (TPSA) is 88.2 Å². The second kappa shape index (κ2) is 9.62. The minimum atomic E-state index is -0.456. The molecular formula is C23H25N3O5S. The number of thioether (sulfide) groups is 1. The van der Waals surface area contributed by atoms with Crippen molar-refractivity contribution in [2.45, 2.75) is 29.8 Å². The maximum absolute atomic E-state index is 12.4. The molecule has 8 nitrogen and oxygen atoms in total. The molecular weight excluding hydrogens is 430 g/mol. The van der Waals surface area contributed by atoms with E-state index in [1.54, 1.807) is 22.9 Å². The van der Waals surface area contributed by atoms with Gasteiger partial charge >= 0.3 is 6.09 Å². The Morgan fingerprint density at radius 2 is 2.00 bits per heavy atom. The average Bonchev–Trinajstić information content (AvgIpc) is 3.17. The highest BCUT2D eigenvalue weighted by molar-refractivity contribution is 8.01. The summed E-state index contributed by atoms with van der Waals surface area (Å²) in [6, 6.07) is 15.2.